The molecule has 4 aromatic rings. The summed E-state index contributed by atoms with van der Waals surface area (Å²) in [5.74, 6) is 1.81. The number of allylic oxidation sites excluding steroid dienone is 1. The quantitative estimate of drug-likeness (QED) is 0.264. The van der Waals surface area contributed by atoms with Gasteiger partial charge in [0.25, 0.3) is 0 Å². The van der Waals surface area contributed by atoms with E-state index in [1.807, 2.05) is 61.5 Å². The van der Waals surface area contributed by atoms with Crippen molar-refractivity contribution < 1.29 is 23.4 Å². The molecule has 0 bridgehead atoms. The highest BCUT2D eigenvalue weighted by Crippen LogP contribution is 2.34. The second kappa shape index (κ2) is 8.90. The molecule has 6 nitrogen and oxygen atoms in total. The molecule has 0 saturated heterocycles. The molecule has 34 heavy (non-hydrogen) atoms. The van der Waals surface area contributed by atoms with Crippen LogP contribution in [0.4, 0.5) is 0 Å². The molecule has 0 fully saturated rings. The summed E-state index contributed by atoms with van der Waals surface area (Å²) in [6.45, 7) is 1.95. The van der Waals surface area contributed by atoms with E-state index in [4.69, 9.17) is 18.6 Å². The van der Waals surface area contributed by atoms with E-state index < -0.39 is 0 Å². The van der Waals surface area contributed by atoms with Crippen molar-refractivity contribution in [3.05, 3.63) is 95.4 Å². The van der Waals surface area contributed by atoms with Crippen molar-refractivity contribution >= 4 is 28.5 Å². The van der Waals surface area contributed by atoms with E-state index >= 15 is 0 Å². The highest BCUT2D eigenvalue weighted by molar-refractivity contribution is 6.28. The zero-order chi connectivity index (χ0) is 23.7. The number of aromatic nitrogens is 1. The van der Waals surface area contributed by atoms with Gasteiger partial charge in [-0.2, -0.15) is 0 Å². The average molecular weight is 453 g/mol. The number of methoxy groups -OCH3 is 2. The number of fused-ring (bicyclic) bond motifs is 2. The van der Waals surface area contributed by atoms with E-state index in [1.54, 1.807) is 31.4 Å². The maximum absolute atomic E-state index is 13.8. The Morgan fingerprint density at radius 2 is 1.74 bits per heavy atom. The van der Waals surface area contributed by atoms with Gasteiger partial charge in [-0.3, -0.25) is 4.79 Å². The largest absolute Gasteiger partial charge is 0.493 e. The fourth-order valence-electron chi connectivity index (χ4n) is 3.93. The highest BCUT2D eigenvalue weighted by Gasteiger charge is 2.25. The van der Waals surface area contributed by atoms with Crippen LogP contribution in [0, 0.1) is 0 Å². The molecule has 0 amide bonds. The minimum Gasteiger partial charge on any atom is -0.493 e. The molecule has 0 aliphatic carbocycles. The predicted octanol–water partition coefficient (Wildman–Crippen LogP) is 5.98. The maximum Gasteiger partial charge on any atom is 0.231 e. The lowest BCUT2D eigenvalue weighted by atomic mass is 9.96. The second-order valence-corrected chi connectivity index (χ2v) is 7.89. The number of para-hydroxylation sites is 3. The number of nitrogens with zero attached hydrogens (tertiary/aromatic N) is 1. The first-order valence-corrected chi connectivity index (χ1v) is 10.9. The van der Waals surface area contributed by atoms with Crippen molar-refractivity contribution in [2.24, 2.45) is 0 Å². The molecule has 0 radical (unpaired) electrons. The van der Waals surface area contributed by atoms with Gasteiger partial charge in [-0.1, -0.05) is 30.3 Å². The van der Waals surface area contributed by atoms with Crippen LogP contribution < -0.4 is 14.2 Å². The van der Waals surface area contributed by atoms with Gasteiger partial charge in [-0.15, -0.1) is 0 Å². The number of oxazole rings is 1. The lowest BCUT2D eigenvalue weighted by Gasteiger charge is -2.23. The van der Waals surface area contributed by atoms with Crippen LogP contribution >= 0.6 is 0 Å². The van der Waals surface area contributed by atoms with E-state index in [2.05, 4.69) is 4.98 Å². The monoisotopic (exact) mass is 453 g/mol. The summed E-state index contributed by atoms with van der Waals surface area (Å²) in [6, 6.07) is 20.3. The zero-order valence-corrected chi connectivity index (χ0v) is 19.1. The Morgan fingerprint density at radius 1 is 0.971 bits per heavy atom. The molecular weight excluding hydrogens is 430 g/mol. The van der Waals surface area contributed by atoms with Crippen LogP contribution in [0.25, 0.3) is 22.7 Å². The summed E-state index contributed by atoms with van der Waals surface area (Å²) in [5, 5.41) is 0. The number of ketones is 1. The van der Waals surface area contributed by atoms with Gasteiger partial charge >= 0.3 is 0 Å². The Balaban J connectivity index is 1.65. The normalized spacial score (nSPS) is 15.3. The van der Waals surface area contributed by atoms with E-state index in [0.29, 0.717) is 33.7 Å². The standard InChI is InChI=1S/C28H23NO5/c1-17-20(14-18-8-4-6-10-23(18)33-17)15-21(28-29-22-9-5-7-11-24(22)34-28)27(30)19-12-13-25(31-2)26(16-19)32-3/h4-17H,1-3H3/b21-15-/t17-/m1/s1. The molecule has 1 atom stereocenters. The first kappa shape index (κ1) is 21.5. The molecule has 1 aromatic heterocycles. The molecule has 1 aliphatic rings. The Morgan fingerprint density at radius 3 is 2.53 bits per heavy atom. The first-order valence-electron chi connectivity index (χ1n) is 10.9. The molecule has 5 rings (SSSR count). The van der Waals surface area contributed by atoms with Crippen molar-refractivity contribution in [1.29, 1.82) is 0 Å². The Hall–Kier alpha value is -4.32. The summed E-state index contributed by atoms with van der Waals surface area (Å²) in [7, 11) is 3.09. The van der Waals surface area contributed by atoms with Gasteiger partial charge in [0.15, 0.2) is 22.9 Å². The van der Waals surface area contributed by atoms with Crippen LogP contribution in [-0.2, 0) is 0 Å². The minimum atomic E-state index is -0.257. The number of ether oxygens (including phenoxy) is 3. The summed E-state index contributed by atoms with van der Waals surface area (Å²) in [5.41, 5.74) is 3.82. The number of carbonyl (C=O) groups excluding carboxylic acids is 1. The average Bonchev–Trinajstić information content (AvgIpc) is 3.30. The summed E-state index contributed by atoms with van der Waals surface area (Å²) in [6.07, 6.45) is 3.56. The molecule has 0 unspecified atom stereocenters. The van der Waals surface area contributed by atoms with Gasteiger partial charge in [0.1, 0.15) is 17.4 Å². The third kappa shape index (κ3) is 3.94. The van der Waals surface area contributed by atoms with E-state index in [-0.39, 0.29) is 17.8 Å². The van der Waals surface area contributed by atoms with Crippen LogP contribution in [0.5, 0.6) is 17.2 Å². The van der Waals surface area contributed by atoms with Crippen molar-refractivity contribution in [1.82, 2.24) is 4.98 Å². The SMILES string of the molecule is COc1ccc(C(=O)/C(=C/C2=Cc3ccccc3O[C@@H]2C)c2nc3ccccc3o2)cc1OC. The van der Waals surface area contributed by atoms with Crippen LogP contribution in [-0.4, -0.2) is 31.1 Å². The molecule has 6 heteroatoms. The first-order chi connectivity index (χ1) is 16.6. The number of hydrogen-bond donors (Lipinski definition) is 0. The van der Waals surface area contributed by atoms with Crippen LogP contribution in [0.1, 0.15) is 28.7 Å². The second-order valence-electron chi connectivity index (χ2n) is 7.89. The lowest BCUT2D eigenvalue weighted by molar-refractivity contribution is 0.105. The molecule has 0 spiro atoms. The number of hydrogen-bond acceptors (Lipinski definition) is 6. The summed E-state index contributed by atoms with van der Waals surface area (Å²) >= 11 is 0. The van der Waals surface area contributed by atoms with Gasteiger partial charge in [0.2, 0.25) is 5.89 Å². The number of rotatable bonds is 6. The topological polar surface area (TPSA) is 70.8 Å². The van der Waals surface area contributed by atoms with E-state index in [9.17, 15) is 4.79 Å². The third-order valence-electron chi connectivity index (χ3n) is 5.74. The van der Waals surface area contributed by atoms with Gasteiger partial charge in [-0.05, 0) is 61.0 Å². The Labute approximate surface area is 197 Å². The van der Waals surface area contributed by atoms with E-state index in [1.165, 1.54) is 7.11 Å². The van der Waals surface area contributed by atoms with Crippen LogP contribution in [0.15, 0.2) is 82.8 Å². The zero-order valence-electron chi connectivity index (χ0n) is 19.1. The number of benzene rings is 3. The number of Topliss-reactive ketones (excluding diaryl/α,β-unsaturated/α-hetero) is 1. The van der Waals surface area contributed by atoms with Gasteiger partial charge in [-0.25, -0.2) is 4.98 Å². The van der Waals surface area contributed by atoms with Gasteiger partial charge in [0, 0.05) is 11.1 Å². The third-order valence-corrected chi connectivity index (χ3v) is 5.74. The van der Waals surface area contributed by atoms with E-state index in [0.717, 1.165) is 16.9 Å². The van der Waals surface area contributed by atoms with Gasteiger partial charge in [0.05, 0.1) is 19.8 Å². The van der Waals surface area contributed by atoms with Crippen LogP contribution in [0.2, 0.25) is 0 Å². The van der Waals surface area contributed by atoms with Gasteiger partial charge < -0.3 is 18.6 Å². The van der Waals surface area contributed by atoms with Crippen molar-refractivity contribution in [3.8, 4) is 17.2 Å². The van der Waals surface area contributed by atoms with Crippen molar-refractivity contribution in [2.75, 3.05) is 14.2 Å². The molecule has 1 aliphatic heterocycles. The fourth-order valence-corrected chi connectivity index (χ4v) is 3.93. The summed E-state index contributed by atoms with van der Waals surface area (Å²) < 4.78 is 22.8. The number of carbonyl (C=O) groups is 1. The Kier molecular flexibility index (Phi) is 5.64. The molecule has 0 saturated carbocycles. The van der Waals surface area contributed by atoms with Crippen molar-refractivity contribution in [3.63, 3.8) is 0 Å². The minimum absolute atomic E-state index is 0.243. The van der Waals surface area contributed by atoms with Crippen LogP contribution in [0.3, 0.4) is 0 Å². The van der Waals surface area contributed by atoms with Crippen molar-refractivity contribution in [2.45, 2.75) is 13.0 Å². The maximum atomic E-state index is 13.8. The smallest absolute Gasteiger partial charge is 0.231 e. The molecular formula is C28H23NO5. The molecule has 170 valence electrons. The predicted molar refractivity (Wildman–Crippen MR) is 130 cm³/mol. The lowest BCUT2D eigenvalue weighted by Crippen LogP contribution is -2.18. The summed E-state index contributed by atoms with van der Waals surface area (Å²) in [4.78, 5) is 18.4. The fraction of sp³-hybridized carbons (Fsp3) is 0.143. The molecule has 3 aromatic carbocycles. The highest BCUT2D eigenvalue weighted by atomic mass is 16.5. The molecule has 0 N–H and O–H groups in total. The molecule has 2 heterocycles. The Bertz CT molecular complexity index is 1410.